The molecule has 0 radical (unpaired) electrons. The maximum atomic E-state index is 12.9. The van der Waals surface area contributed by atoms with Crippen LogP contribution in [0, 0.1) is 0 Å². The number of thioether (sulfide) groups is 1. The Hall–Kier alpha value is -2.25. The van der Waals surface area contributed by atoms with Crippen LogP contribution >= 0.6 is 11.8 Å². The molecule has 0 atom stereocenters. The fourth-order valence-corrected chi connectivity index (χ4v) is 4.55. The molecule has 0 N–H and O–H groups in total. The Morgan fingerprint density at radius 1 is 1.04 bits per heavy atom. The summed E-state index contributed by atoms with van der Waals surface area (Å²) in [6, 6.07) is 11.8. The van der Waals surface area contributed by atoms with Crippen molar-refractivity contribution in [1.82, 2.24) is 14.4 Å². The number of hydrogen-bond donors (Lipinski definition) is 0. The van der Waals surface area contributed by atoms with E-state index in [9.17, 15) is 9.59 Å². The Morgan fingerprint density at radius 3 is 2.52 bits per heavy atom. The molecule has 0 aliphatic carbocycles. The molecule has 1 saturated heterocycles. The van der Waals surface area contributed by atoms with Gasteiger partial charge in [-0.15, -0.1) is 0 Å². The zero-order chi connectivity index (χ0) is 18.8. The smallest absolute Gasteiger partial charge is 0.242 e. The van der Waals surface area contributed by atoms with Crippen LogP contribution in [0.5, 0.6) is 0 Å². The molecule has 2 amide bonds. The summed E-state index contributed by atoms with van der Waals surface area (Å²) in [6.45, 7) is 6.50. The second kappa shape index (κ2) is 7.78. The van der Waals surface area contributed by atoms with Gasteiger partial charge in [-0.25, -0.2) is 0 Å². The first-order valence-electron chi connectivity index (χ1n) is 9.37. The van der Waals surface area contributed by atoms with E-state index in [0.29, 0.717) is 5.75 Å². The first-order chi connectivity index (χ1) is 13.2. The van der Waals surface area contributed by atoms with Gasteiger partial charge in [0.2, 0.25) is 11.8 Å². The third-order valence-corrected chi connectivity index (χ3v) is 6.27. The second-order valence-electron chi connectivity index (χ2n) is 6.79. The first kappa shape index (κ1) is 18.1. The van der Waals surface area contributed by atoms with E-state index in [1.165, 1.54) is 11.8 Å². The summed E-state index contributed by atoms with van der Waals surface area (Å²) < 4.78 is 2.09. The van der Waals surface area contributed by atoms with Crippen molar-refractivity contribution in [3.63, 3.8) is 0 Å². The van der Waals surface area contributed by atoms with Gasteiger partial charge in [-0.1, -0.05) is 30.8 Å². The fourth-order valence-electron chi connectivity index (χ4n) is 3.65. The minimum Gasteiger partial charge on any atom is -0.339 e. The highest BCUT2D eigenvalue weighted by molar-refractivity contribution is 7.99. The minimum absolute atomic E-state index is 0.0206. The lowest BCUT2D eigenvalue weighted by molar-refractivity contribution is -0.132. The lowest BCUT2D eigenvalue weighted by Gasteiger charge is -2.35. The maximum Gasteiger partial charge on any atom is 0.242 e. The third-order valence-electron chi connectivity index (χ3n) is 5.25. The summed E-state index contributed by atoms with van der Waals surface area (Å²) in [7, 11) is 0. The van der Waals surface area contributed by atoms with Gasteiger partial charge in [0.1, 0.15) is 6.54 Å². The van der Waals surface area contributed by atoms with E-state index in [0.717, 1.165) is 49.1 Å². The normalized spacial score (nSPS) is 17.9. The van der Waals surface area contributed by atoms with E-state index in [2.05, 4.69) is 16.4 Å². The van der Waals surface area contributed by atoms with Crippen LogP contribution in [0.25, 0.3) is 5.69 Å². The molecule has 0 saturated carbocycles. The van der Waals surface area contributed by atoms with Crippen molar-refractivity contribution in [2.45, 2.75) is 11.9 Å². The molecule has 1 aromatic heterocycles. The van der Waals surface area contributed by atoms with Crippen LogP contribution in [0.2, 0.25) is 0 Å². The number of hydrogen-bond acceptors (Lipinski definition) is 4. The van der Waals surface area contributed by atoms with Gasteiger partial charge in [0, 0.05) is 32.4 Å². The largest absolute Gasteiger partial charge is 0.339 e. The third kappa shape index (κ3) is 3.61. The molecule has 0 spiro atoms. The number of piperazine rings is 1. The van der Waals surface area contributed by atoms with Crippen LogP contribution in [0.15, 0.2) is 47.6 Å². The summed E-state index contributed by atoms with van der Waals surface area (Å²) in [5.41, 5.74) is 1.72. The molecule has 7 heteroatoms. The van der Waals surface area contributed by atoms with Crippen LogP contribution in [-0.2, 0) is 9.59 Å². The molecule has 6 nitrogen and oxygen atoms in total. The number of anilines is 1. The maximum absolute atomic E-state index is 12.9. The van der Waals surface area contributed by atoms with Gasteiger partial charge in [-0.05, 0) is 30.8 Å². The van der Waals surface area contributed by atoms with E-state index >= 15 is 0 Å². The molecule has 142 valence electrons. The minimum atomic E-state index is -0.0274. The zero-order valence-electron chi connectivity index (χ0n) is 15.5. The van der Waals surface area contributed by atoms with E-state index in [-0.39, 0.29) is 18.4 Å². The highest BCUT2D eigenvalue weighted by Gasteiger charge is 2.28. The van der Waals surface area contributed by atoms with Crippen LogP contribution in [0.3, 0.4) is 0 Å². The lowest BCUT2D eigenvalue weighted by Crippen LogP contribution is -2.52. The van der Waals surface area contributed by atoms with Gasteiger partial charge < -0.3 is 19.3 Å². The van der Waals surface area contributed by atoms with Crippen LogP contribution < -0.4 is 4.90 Å². The lowest BCUT2D eigenvalue weighted by atomic mass is 10.2. The zero-order valence-corrected chi connectivity index (χ0v) is 16.3. The molecule has 3 heterocycles. The molecular weight excluding hydrogens is 360 g/mol. The number of rotatable bonds is 3. The number of para-hydroxylation sites is 2. The summed E-state index contributed by atoms with van der Waals surface area (Å²) in [6.07, 6.45) is 2.00. The van der Waals surface area contributed by atoms with E-state index < -0.39 is 0 Å². The predicted octanol–water partition coefficient (Wildman–Crippen LogP) is 2.08. The average Bonchev–Trinajstić information content (AvgIpc) is 3.17. The van der Waals surface area contributed by atoms with Crippen LogP contribution in [0.4, 0.5) is 5.69 Å². The number of benzene rings is 1. The number of aromatic nitrogens is 1. The standard InChI is InChI=1S/C20H24N4O2S/c1-2-21-10-12-22(13-11-21)18(25)14-24-17-7-4-3-6-16(17)23-9-5-8-20(23)27-15-19(24)26/h3-9H,2,10-15H2,1H3. The topological polar surface area (TPSA) is 48.8 Å². The van der Waals surface area contributed by atoms with Gasteiger partial charge >= 0.3 is 0 Å². The number of likely N-dealkylation sites (N-methyl/N-ethyl adjacent to an activating group) is 1. The molecule has 2 aromatic rings. The molecule has 4 rings (SSSR count). The monoisotopic (exact) mass is 384 g/mol. The summed E-state index contributed by atoms with van der Waals surface area (Å²) in [5, 5.41) is 1.04. The van der Waals surface area contributed by atoms with E-state index in [1.54, 1.807) is 4.90 Å². The number of amides is 2. The van der Waals surface area contributed by atoms with Gasteiger partial charge in [-0.3, -0.25) is 9.59 Å². The Kier molecular flexibility index (Phi) is 5.22. The first-order valence-corrected chi connectivity index (χ1v) is 10.4. The molecule has 0 bridgehead atoms. The number of carbonyl (C=O) groups excluding carboxylic acids is 2. The molecule has 27 heavy (non-hydrogen) atoms. The summed E-state index contributed by atoms with van der Waals surface area (Å²) in [4.78, 5) is 31.7. The van der Waals surface area contributed by atoms with Crippen molar-refractivity contribution in [3.05, 3.63) is 42.6 Å². The van der Waals surface area contributed by atoms with Crippen molar-refractivity contribution >= 4 is 29.3 Å². The molecule has 0 unspecified atom stereocenters. The Balaban J connectivity index is 1.59. The molecule has 1 fully saturated rings. The fraction of sp³-hybridized carbons (Fsp3) is 0.400. The molecule has 2 aliphatic rings. The van der Waals surface area contributed by atoms with Crippen LogP contribution in [0.1, 0.15) is 6.92 Å². The molecule has 2 aliphatic heterocycles. The predicted molar refractivity (Wildman–Crippen MR) is 108 cm³/mol. The second-order valence-corrected chi connectivity index (χ2v) is 7.78. The van der Waals surface area contributed by atoms with Crippen molar-refractivity contribution in [2.24, 2.45) is 0 Å². The Labute approximate surface area is 163 Å². The van der Waals surface area contributed by atoms with Crippen LogP contribution in [-0.4, -0.2) is 71.2 Å². The van der Waals surface area contributed by atoms with E-state index in [1.807, 2.05) is 47.5 Å². The number of carbonyl (C=O) groups is 2. The van der Waals surface area contributed by atoms with Gasteiger partial charge in [0.05, 0.1) is 22.2 Å². The van der Waals surface area contributed by atoms with Crippen molar-refractivity contribution in [1.29, 1.82) is 0 Å². The van der Waals surface area contributed by atoms with Crippen molar-refractivity contribution < 1.29 is 9.59 Å². The quantitative estimate of drug-likeness (QED) is 0.813. The summed E-state index contributed by atoms with van der Waals surface area (Å²) in [5.74, 6) is 0.322. The average molecular weight is 385 g/mol. The number of fused-ring (bicyclic) bond motifs is 3. The SMILES string of the molecule is CCN1CCN(C(=O)CN2C(=O)CSc3cccn3-c3ccccc32)CC1. The Morgan fingerprint density at radius 2 is 1.78 bits per heavy atom. The van der Waals surface area contributed by atoms with Gasteiger partial charge in [0.15, 0.2) is 0 Å². The van der Waals surface area contributed by atoms with Crippen molar-refractivity contribution in [2.75, 3.05) is 49.9 Å². The van der Waals surface area contributed by atoms with Gasteiger partial charge in [-0.2, -0.15) is 0 Å². The Bertz CT molecular complexity index is 842. The molecule has 1 aromatic carbocycles. The highest BCUT2D eigenvalue weighted by Crippen LogP contribution is 2.33. The van der Waals surface area contributed by atoms with E-state index in [4.69, 9.17) is 0 Å². The molecular formula is C20H24N4O2S. The van der Waals surface area contributed by atoms with Crippen molar-refractivity contribution in [3.8, 4) is 5.69 Å². The summed E-state index contributed by atoms with van der Waals surface area (Å²) >= 11 is 1.51. The van der Waals surface area contributed by atoms with Gasteiger partial charge in [0.25, 0.3) is 0 Å². The number of nitrogens with zero attached hydrogens (tertiary/aromatic N) is 4. The highest BCUT2D eigenvalue weighted by atomic mass is 32.2.